The summed E-state index contributed by atoms with van der Waals surface area (Å²) in [6, 6.07) is -0.181. The van der Waals surface area contributed by atoms with Gasteiger partial charge in [0.15, 0.2) is 0 Å². The van der Waals surface area contributed by atoms with Crippen molar-refractivity contribution in [1.29, 1.82) is 0 Å². The van der Waals surface area contributed by atoms with Crippen molar-refractivity contribution < 1.29 is 14.8 Å². The van der Waals surface area contributed by atoms with Crippen molar-refractivity contribution in [3.8, 4) is 0 Å². The van der Waals surface area contributed by atoms with Gasteiger partial charge in [0.2, 0.25) is 5.91 Å². The molecule has 0 radical (unpaired) electrons. The number of likely N-dealkylation sites (tertiary alicyclic amines) is 1. The first-order valence-corrected chi connectivity index (χ1v) is 4.93. The van der Waals surface area contributed by atoms with Crippen molar-refractivity contribution in [2.24, 2.45) is 5.73 Å². The van der Waals surface area contributed by atoms with Gasteiger partial charge >= 0.3 is 7.12 Å². The number of nitrogens with zero attached hydrogens (tertiary/aromatic N) is 1. The molecule has 0 spiro atoms. The maximum absolute atomic E-state index is 11.6. The summed E-state index contributed by atoms with van der Waals surface area (Å²) in [7, 11) is -1.44. The Morgan fingerprint density at radius 1 is 1.71 bits per heavy atom. The molecule has 14 heavy (non-hydrogen) atoms. The molecule has 5 nitrogen and oxygen atoms in total. The van der Waals surface area contributed by atoms with Gasteiger partial charge in [-0.1, -0.05) is 0 Å². The first-order valence-electron chi connectivity index (χ1n) is 4.93. The Morgan fingerprint density at radius 3 is 2.86 bits per heavy atom. The van der Waals surface area contributed by atoms with E-state index in [2.05, 4.69) is 0 Å². The summed E-state index contributed by atoms with van der Waals surface area (Å²) in [5.41, 5.74) is 5.51. The lowest BCUT2D eigenvalue weighted by molar-refractivity contribution is -0.131. The van der Waals surface area contributed by atoms with Gasteiger partial charge in [0.1, 0.15) is 0 Å². The minimum absolute atomic E-state index is 0.0874. The molecule has 1 amide bonds. The highest BCUT2D eigenvalue weighted by Gasteiger charge is 2.36. The highest BCUT2D eigenvalue weighted by atomic mass is 16.4. The Bertz CT molecular complexity index is 211. The summed E-state index contributed by atoms with van der Waals surface area (Å²) >= 11 is 0. The molecule has 0 saturated carbocycles. The molecule has 6 heteroatoms. The molecule has 1 aliphatic rings. The number of carbonyl (C=O) groups is 1. The van der Waals surface area contributed by atoms with E-state index in [1.165, 1.54) is 4.90 Å². The zero-order valence-electron chi connectivity index (χ0n) is 8.39. The standard InChI is InChI=1S/C8H17BN2O3/c1-6(10)5-8(12)11-4-2-3-7(11)9(13)14/h6-7,13-14H,2-5,10H2,1H3/t6?,7-/m0/s1. The summed E-state index contributed by atoms with van der Waals surface area (Å²) in [5, 5.41) is 18.1. The highest BCUT2D eigenvalue weighted by molar-refractivity contribution is 6.43. The second kappa shape index (κ2) is 4.77. The summed E-state index contributed by atoms with van der Waals surface area (Å²) in [5.74, 6) is -0.531. The molecule has 0 bridgehead atoms. The van der Waals surface area contributed by atoms with Gasteiger partial charge in [-0.3, -0.25) is 4.79 Å². The molecule has 80 valence electrons. The number of nitrogens with two attached hydrogens (primary N) is 1. The van der Waals surface area contributed by atoms with Crippen LogP contribution in [0, 0.1) is 0 Å². The monoisotopic (exact) mass is 200 g/mol. The molecular weight excluding hydrogens is 183 g/mol. The fourth-order valence-electron chi connectivity index (χ4n) is 1.80. The van der Waals surface area contributed by atoms with Gasteiger partial charge < -0.3 is 20.7 Å². The maximum atomic E-state index is 11.6. The summed E-state index contributed by atoms with van der Waals surface area (Å²) in [4.78, 5) is 13.1. The van der Waals surface area contributed by atoms with Crippen LogP contribution in [-0.4, -0.2) is 46.5 Å². The molecule has 1 unspecified atom stereocenters. The van der Waals surface area contributed by atoms with E-state index in [1.54, 1.807) is 6.92 Å². The summed E-state index contributed by atoms with van der Waals surface area (Å²) in [6.45, 7) is 2.37. The molecular formula is C8H17BN2O3. The van der Waals surface area contributed by atoms with E-state index in [9.17, 15) is 4.79 Å². The Hall–Kier alpha value is -0.585. The Kier molecular flexibility index (Phi) is 3.91. The van der Waals surface area contributed by atoms with E-state index >= 15 is 0 Å². The lowest BCUT2D eigenvalue weighted by Gasteiger charge is -2.24. The quantitative estimate of drug-likeness (QED) is 0.495. The molecule has 4 N–H and O–H groups in total. The van der Waals surface area contributed by atoms with Crippen LogP contribution < -0.4 is 5.73 Å². The number of hydrogen-bond donors (Lipinski definition) is 3. The van der Waals surface area contributed by atoms with Crippen molar-refractivity contribution in [1.82, 2.24) is 4.90 Å². The molecule has 1 aliphatic heterocycles. The van der Waals surface area contributed by atoms with Crippen molar-refractivity contribution >= 4 is 13.0 Å². The summed E-state index contributed by atoms with van der Waals surface area (Å²) in [6.07, 6.45) is 1.75. The van der Waals surface area contributed by atoms with Crippen molar-refractivity contribution in [3.63, 3.8) is 0 Å². The van der Waals surface area contributed by atoms with Gasteiger partial charge in [-0.15, -0.1) is 0 Å². The lowest BCUT2D eigenvalue weighted by atomic mass is 9.78. The van der Waals surface area contributed by atoms with Crippen LogP contribution >= 0.6 is 0 Å². The van der Waals surface area contributed by atoms with Crippen LogP contribution in [0.3, 0.4) is 0 Å². The highest BCUT2D eigenvalue weighted by Crippen LogP contribution is 2.19. The van der Waals surface area contributed by atoms with Gasteiger partial charge in [-0.25, -0.2) is 0 Å². The third-order valence-corrected chi connectivity index (χ3v) is 2.46. The largest absolute Gasteiger partial charge is 0.475 e. The van der Waals surface area contributed by atoms with E-state index in [-0.39, 0.29) is 18.4 Å². The van der Waals surface area contributed by atoms with Gasteiger partial charge in [0.25, 0.3) is 0 Å². The van der Waals surface area contributed by atoms with E-state index in [0.717, 1.165) is 6.42 Å². The average molecular weight is 200 g/mol. The maximum Gasteiger partial charge on any atom is 0.475 e. The molecule has 0 aliphatic carbocycles. The molecule has 1 rings (SSSR count). The van der Waals surface area contributed by atoms with Crippen LogP contribution in [0.4, 0.5) is 0 Å². The van der Waals surface area contributed by atoms with Gasteiger partial charge in [0, 0.05) is 19.0 Å². The zero-order chi connectivity index (χ0) is 10.7. The van der Waals surface area contributed by atoms with E-state index in [1.807, 2.05) is 0 Å². The second-order valence-corrected chi connectivity index (χ2v) is 3.89. The fourth-order valence-corrected chi connectivity index (χ4v) is 1.80. The number of rotatable bonds is 3. The molecule has 0 aromatic rings. The Labute approximate surface area is 84.0 Å². The predicted octanol–water partition coefficient (Wildman–Crippen LogP) is -1.27. The van der Waals surface area contributed by atoms with Crippen LogP contribution in [-0.2, 0) is 4.79 Å². The van der Waals surface area contributed by atoms with Gasteiger partial charge in [-0.2, -0.15) is 0 Å². The summed E-state index contributed by atoms with van der Waals surface area (Å²) < 4.78 is 0. The normalized spacial score (nSPS) is 23.7. The molecule has 0 aromatic heterocycles. The van der Waals surface area contributed by atoms with Crippen molar-refractivity contribution in [2.75, 3.05) is 6.54 Å². The third-order valence-electron chi connectivity index (χ3n) is 2.46. The Morgan fingerprint density at radius 2 is 2.36 bits per heavy atom. The fraction of sp³-hybridized carbons (Fsp3) is 0.875. The molecule has 1 saturated heterocycles. The van der Waals surface area contributed by atoms with Crippen LogP contribution in [0.5, 0.6) is 0 Å². The van der Waals surface area contributed by atoms with E-state index in [4.69, 9.17) is 15.8 Å². The molecule has 1 heterocycles. The van der Waals surface area contributed by atoms with Crippen molar-refractivity contribution in [3.05, 3.63) is 0 Å². The average Bonchev–Trinajstić information content (AvgIpc) is 2.49. The van der Waals surface area contributed by atoms with Crippen LogP contribution in [0.1, 0.15) is 26.2 Å². The molecule has 1 fully saturated rings. The topological polar surface area (TPSA) is 86.8 Å². The minimum atomic E-state index is -1.44. The first kappa shape index (κ1) is 11.5. The van der Waals surface area contributed by atoms with Gasteiger partial charge in [-0.05, 0) is 19.8 Å². The van der Waals surface area contributed by atoms with Gasteiger partial charge in [0.05, 0.1) is 5.94 Å². The van der Waals surface area contributed by atoms with Crippen LogP contribution in [0.15, 0.2) is 0 Å². The molecule has 0 aromatic carbocycles. The number of hydrogen-bond acceptors (Lipinski definition) is 4. The lowest BCUT2D eigenvalue weighted by Crippen LogP contribution is -2.46. The Balaban J connectivity index is 2.53. The number of carbonyl (C=O) groups excluding carboxylic acids is 1. The SMILES string of the molecule is CC(N)CC(=O)N1CCC[C@H]1B(O)O. The van der Waals surface area contributed by atoms with E-state index < -0.39 is 13.1 Å². The third kappa shape index (κ3) is 2.70. The van der Waals surface area contributed by atoms with Crippen molar-refractivity contribution in [2.45, 2.75) is 38.2 Å². The van der Waals surface area contributed by atoms with Crippen LogP contribution in [0.2, 0.25) is 0 Å². The second-order valence-electron chi connectivity index (χ2n) is 3.89. The number of amides is 1. The minimum Gasteiger partial charge on any atom is -0.426 e. The van der Waals surface area contributed by atoms with E-state index in [0.29, 0.717) is 13.0 Å². The zero-order valence-corrected chi connectivity index (χ0v) is 8.39. The van der Waals surface area contributed by atoms with Crippen LogP contribution in [0.25, 0.3) is 0 Å². The smallest absolute Gasteiger partial charge is 0.426 e. The molecule has 2 atom stereocenters. The predicted molar refractivity (Wildman–Crippen MR) is 53.2 cm³/mol. The first-order chi connectivity index (χ1) is 6.52.